The van der Waals surface area contributed by atoms with Gasteiger partial charge < -0.3 is 43.3 Å². The van der Waals surface area contributed by atoms with Crippen LogP contribution in [0.4, 0.5) is 4.79 Å². The summed E-state index contributed by atoms with van der Waals surface area (Å²) in [7, 11) is 3.98. The minimum atomic E-state index is -1.28. The highest BCUT2D eigenvalue weighted by Crippen LogP contribution is 2.48. The average molecular weight is 1090 g/mol. The van der Waals surface area contributed by atoms with Gasteiger partial charge in [-0.2, -0.15) is 0 Å². The van der Waals surface area contributed by atoms with Gasteiger partial charge in [-0.25, -0.2) is 0 Å². The van der Waals surface area contributed by atoms with Crippen molar-refractivity contribution in [2.45, 2.75) is 205 Å². The minimum Gasteiger partial charge on any atom is -0.463 e. The van der Waals surface area contributed by atoms with Crippen molar-refractivity contribution in [3.8, 4) is 0 Å². The molecule has 0 bridgehead atoms. The van der Waals surface area contributed by atoms with E-state index in [-0.39, 0.29) is 105 Å². The predicted molar refractivity (Wildman–Crippen MR) is 288 cm³/mol. The monoisotopic (exact) mass is 1080 g/mol. The Morgan fingerprint density at radius 3 is 1.17 bits per heavy atom. The number of carbonyl (C=O) groups is 6. The lowest BCUT2D eigenvalue weighted by molar-refractivity contribution is -0.185. The number of hydrogen-bond acceptors (Lipinski definition) is 15. The lowest BCUT2D eigenvalue weighted by Gasteiger charge is -2.25. The molecule has 1 N–H and O–H groups in total. The standard InChI is InChI=1S/C60H96N2O13S/c1-61(2)24-13-27-76-60(69)62(25-11-22-54(63)74-52(36-70-56(65)48-28-40-14-3-4-15-41(40)29-48)37-71-57(66)49-30-42-16-5-6-17-43(42)31-49)26-12-23-55(64)75-53(38-72-58(67)50-32-44-18-7-8-19-45(44)33-50)39-73-59(68)51-34-46-20-9-10-21-47(46)35-51/h40-54,63H,3-39H2,1-2H3. The molecule has 0 saturated heterocycles. The third-order valence-corrected chi connectivity index (χ3v) is 20.5. The molecule has 8 fully saturated rings. The molecule has 8 saturated carbocycles. The fourth-order valence-electron chi connectivity index (χ4n) is 15.4. The van der Waals surface area contributed by atoms with Crippen LogP contribution in [0.5, 0.6) is 0 Å². The molecule has 9 unspecified atom stereocenters. The molecule has 8 aliphatic carbocycles. The van der Waals surface area contributed by atoms with Gasteiger partial charge in [-0.05, 0) is 145 Å². The first-order valence-electron chi connectivity index (χ1n) is 30.6. The highest BCUT2D eigenvalue weighted by atomic mass is 32.2. The molecular formula is C60H96N2O13S. The Hall–Kier alpha value is -2.95. The van der Waals surface area contributed by atoms with E-state index in [2.05, 4.69) is 4.90 Å². The van der Waals surface area contributed by atoms with Gasteiger partial charge in [0, 0.05) is 25.3 Å². The van der Waals surface area contributed by atoms with Gasteiger partial charge in [0.25, 0.3) is 5.24 Å². The molecule has 16 heteroatoms. The van der Waals surface area contributed by atoms with E-state index in [9.17, 15) is 33.9 Å². The first-order chi connectivity index (χ1) is 36.8. The molecule has 430 valence electrons. The van der Waals surface area contributed by atoms with Crippen LogP contribution in [-0.2, 0) is 52.4 Å². The van der Waals surface area contributed by atoms with Crippen molar-refractivity contribution in [1.82, 2.24) is 9.80 Å². The van der Waals surface area contributed by atoms with Crippen molar-refractivity contribution in [3.05, 3.63) is 0 Å². The van der Waals surface area contributed by atoms with E-state index in [4.69, 9.17) is 28.4 Å². The van der Waals surface area contributed by atoms with E-state index in [1.165, 1.54) is 63.1 Å². The van der Waals surface area contributed by atoms with Crippen molar-refractivity contribution < 1.29 is 62.3 Å². The van der Waals surface area contributed by atoms with Crippen LogP contribution in [0.3, 0.4) is 0 Å². The summed E-state index contributed by atoms with van der Waals surface area (Å²) < 4.78 is 35.4. The molecule has 15 nitrogen and oxygen atoms in total. The quantitative estimate of drug-likeness (QED) is 0.0354. The molecular weight excluding hydrogens is 989 g/mol. The van der Waals surface area contributed by atoms with E-state index >= 15 is 0 Å². The Balaban J connectivity index is 0.824. The second-order valence-electron chi connectivity index (χ2n) is 25.2. The molecule has 0 heterocycles. The number of rotatable bonds is 27. The van der Waals surface area contributed by atoms with E-state index in [1.807, 2.05) is 14.1 Å². The molecule has 0 aliphatic heterocycles. The molecule has 0 aromatic carbocycles. The summed E-state index contributed by atoms with van der Waals surface area (Å²) in [5.74, 6) is 2.93. The maximum Gasteiger partial charge on any atom is 0.309 e. The second kappa shape index (κ2) is 30.0. The van der Waals surface area contributed by atoms with Gasteiger partial charge in [0.05, 0.1) is 23.7 Å². The summed E-state index contributed by atoms with van der Waals surface area (Å²) in [6, 6.07) is 0. The molecule has 8 aliphatic rings. The number of thioether (sulfide) groups is 1. The fourth-order valence-corrected chi connectivity index (χ4v) is 16.3. The summed E-state index contributed by atoms with van der Waals surface area (Å²) in [5.41, 5.74) is 0. The molecule has 0 spiro atoms. The van der Waals surface area contributed by atoms with Crippen LogP contribution >= 0.6 is 11.8 Å². The number of amides is 1. The van der Waals surface area contributed by atoms with Crippen molar-refractivity contribution in [2.75, 3.05) is 65.9 Å². The second-order valence-corrected chi connectivity index (χ2v) is 26.3. The number of aliphatic hydroxyl groups excluding tert-OH is 1. The number of fused-ring (bicyclic) bond motifs is 4. The van der Waals surface area contributed by atoms with Crippen LogP contribution in [0.15, 0.2) is 0 Å². The van der Waals surface area contributed by atoms with Crippen LogP contribution < -0.4 is 0 Å². The third-order valence-electron chi connectivity index (χ3n) is 19.5. The van der Waals surface area contributed by atoms with E-state index in [1.54, 1.807) is 4.90 Å². The summed E-state index contributed by atoms with van der Waals surface area (Å²) in [6.07, 6.45) is 24.2. The lowest BCUT2D eigenvalue weighted by Crippen LogP contribution is -2.35. The topological polar surface area (TPSA) is 185 Å². The van der Waals surface area contributed by atoms with Crippen LogP contribution in [0.1, 0.15) is 186 Å². The van der Waals surface area contributed by atoms with Gasteiger partial charge in [0.2, 0.25) is 0 Å². The maximum absolute atomic E-state index is 13.7. The molecule has 76 heavy (non-hydrogen) atoms. The Kier molecular flexibility index (Phi) is 23.4. The smallest absolute Gasteiger partial charge is 0.309 e. The van der Waals surface area contributed by atoms with Crippen molar-refractivity contribution in [2.24, 2.45) is 71.0 Å². The fraction of sp³-hybridized carbons (Fsp3) is 0.900. The zero-order valence-corrected chi connectivity index (χ0v) is 47.3. The van der Waals surface area contributed by atoms with Crippen molar-refractivity contribution in [3.63, 3.8) is 0 Å². The van der Waals surface area contributed by atoms with Crippen molar-refractivity contribution in [1.29, 1.82) is 0 Å². The van der Waals surface area contributed by atoms with Gasteiger partial charge in [0.1, 0.15) is 32.5 Å². The summed E-state index contributed by atoms with van der Waals surface area (Å²) in [4.78, 5) is 84.6. The van der Waals surface area contributed by atoms with Gasteiger partial charge in [-0.1, -0.05) is 114 Å². The maximum atomic E-state index is 13.7. The number of ether oxygens (including phenoxy) is 6. The number of nitrogens with zero attached hydrogens (tertiary/aromatic N) is 2. The van der Waals surface area contributed by atoms with Gasteiger partial charge in [-0.3, -0.25) is 28.8 Å². The van der Waals surface area contributed by atoms with Gasteiger partial charge >= 0.3 is 29.8 Å². The number of esters is 5. The van der Waals surface area contributed by atoms with Crippen LogP contribution in [0, 0.1) is 71.0 Å². The summed E-state index contributed by atoms with van der Waals surface area (Å²) in [6.45, 7) is 0.735. The number of hydrogen-bond donors (Lipinski definition) is 1. The highest BCUT2D eigenvalue weighted by Gasteiger charge is 2.44. The molecule has 9 atom stereocenters. The Labute approximate surface area is 458 Å². The molecule has 0 aromatic heterocycles. The normalized spacial score (nSPS) is 31.9. The van der Waals surface area contributed by atoms with Gasteiger partial charge in [0.15, 0.2) is 12.4 Å². The Morgan fingerprint density at radius 2 is 0.816 bits per heavy atom. The molecule has 0 radical (unpaired) electrons. The van der Waals surface area contributed by atoms with Crippen molar-refractivity contribution >= 4 is 46.8 Å². The van der Waals surface area contributed by atoms with Crippen LogP contribution in [0.25, 0.3) is 0 Å². The Bertz CT molecular complexity index is 1740. The third kappa shape index (κ3) is 17.8. The zero-order valence-electron chi connectivity index (χ0n) is 46.5. The van der Waals surface area contributed by atoms with Crippen LogP contribution in [0.2, 0.25) is 0 Å². The number of carbonyl (C=O) groups excluding carboxylic acids is 6. The number of aliphatic hydroxyl groups is 1. The molecule has 0 aromatic rings. The first-order valence-corrected chi connectivity index (χ1v) is 31.6. The Morgan fingerprint density at radius 1 is 0.474 bits per heavy atom. The predicted octanol–water partition coefficient (Wildman–Crippen LogP) is 10.3. The highest BCUT2D eigenvalue weighted by molar-refractivity contribution is 8.13. The van der Waals surface area contributed by atoms with Crippen LogP contribution in [-0.4, -0.2) is 134 Å². The molecule has 1 amide bonds. The average Bonchev–Trinajstić information content (AvgIpc) is 4.26. The van der Waals surface area contributed by atoms with Gasteiger partial charge in [-0.15, -0.1) is 0 Å². The SMILES string of the molecule is CN(C)CCCSC(=O)N(CCCC(=O)OC(COC(=O)C1CC2CCCCC2C1)COC(=O)C1CC2CCCCC2C1)CCCC(O)OC(COC(=O)C1CC2CCCCC2C1)COC(=O)C1CC2CCCCC2C1. The largest absolute Gasteiger partial charge is 0.463 e. The van der Waals surface area contributed by atoms with E-state index < -0.39 is 24.5 Å². The molecule has 8 rings (SSSR count). The zero-order chi connectivity index (χ0) is 53.4. The minimum absolute atomic E-state index is 0.0133. The lowest BCUT2D eigenvalue weighted by atomic mass is 9.82. The first kappa shape index (κ1) is 59.2. The van der Waals surface area contributed by atoms with E-state index in [0.717, 1.165) is 116 Å². The van der Waals surface area contributed by atoms with E-state index in [0.29, 0.717) is 65.9 Å². The summed E-state index contributed by atoms with van der Waals surface area (Å²) in [5, 5.41) is 11.2. The summed E-state index contributed by atoms with van der Waals surface area (Å²) >= 11 is 1.23.